The number of carbonyl (C=O) groups is 2. The first kappa shape index (κ1) is 27.3. The fraction of sp³-hybridized carbons (Fsp3) is 0.704. The van der Waals surface area contributed by atoms with E-state index in [2.05, 4.69) is 17.6 Å². The van der Waals surface area contributed by atoms with Gasteiger partial charge in [-0.05, 0) is 55.4 Å². The summed E-state index contributed by atoms with van der Waals surface area (Å²) in [5.74, 6) is 0.357. The number of hydrogen-bond donors (Lipinski definition) is 4. The van der Waals surface area contributed by atoms with Crippen molar-refractivity contribution in [2.45, 2.75) is 78.0 Å². The van der Waals surface area contributed by atoms with Gasteiger partial charge in [-0.2, -0.15) is 0 Å². The molecule has 2 amide bonds. The van der Waals surface area contributed by atoms with Crippen molar-refractivity contribution in [1.82, 2.24) is 10.6 Å². The number of aliphatic hydroxyl groups is 2. The van der Waals surface area contributed by atoms with Gasteiger partial charge in [0.05, 0.1) is 19.8 Å². The van der Waals surface area contributed by atoms with Crippen LogP contribution in [0.3, 0.4) is 0 Å². The number of hydrogen-bond acceptors (Lipinski definition) is 6. The Morgan fingerprint density at radius 2 is 1.89 bits per heavy atom. The lowest BCUT2D eigenvalue weighted by Gasteiger charge is -2.60. The van der Waals surface area contributed by atoms with Crippen molar-refractivity contribution in [1.29, 1.82) is 0 Å². The van der Waals surface area contributed by atoms with Gasteiger partial charge in [0.1, 0.15) is 11.9 Å². The number of carbonyl (C=O) groups excluding carboxylic acids is 2. The topological polar surface area (TPSA) is 117 Å². The summed E-state index contributed by atoms with van der Waals surface area (Å²) in [4.78, 5) is 25.3. The maximum Gasteiger partial charge on any atom is 0.407 e. The van der Waals surface area contributed by atoms with Crippen LogP contribution in [0.4, 0.5) is 4.79 Å². The zero-order valence-electron chi connectivity index (χ0n) is 21.5. The number of methoxy groups -OCH3 is 1. The summed E-state index contributed by atoms with van der Waals surface area (Å²) in [6.07, 6.45) is 2.10. The van der Waals surface area contributed by atoms with Gasteiger partial charge in [-0.15, -0.1) is 0 Å². The molecule has 0 saturated heterocycles. The van der Waals surface area contributed by atoms with Crippen molar-refractivity contribution in [3.63, 3.8) is 0 Å². The Labute approximate surface area is 208 Å². The number of alkyl carbamates (subject to hydrolysis) is 1. The SMILES string of the molecule is CCCNC(=O)O[C@@H]1CC[C@]2(C)C(CC[C@@H](O)[C@H]2CC(=O)NCc2ccccc2OC)[C@]1(C)CO. The Balaban J connectivity index is 1.72. The summed E-state index contributed by atoms with van der Waals surface area (Å²) < 4.78 is 11.2. The average molecular weight is 491 g/mol. The van der Waals surface area contributed by atoms with Gasteiger partial charge in [0.15, 0.2) is 0 Å². The van der Waals surface area contributed by atoms with Crippen LogP contribution in [-0.2, 0) is 16.1 Å². The molecule has 1 unspecified atom stereocenters. The minimum Gasteiger partial charge on any atom is -0.496 e. The van der Waals surface area contributed by atoms with Crippen molar-refractivity contribution in [3.8, 4) is 5.75 Å². The molecule has 8 nitrogen and oxygen atoms in total. The van der Waals surface area contributed by atoms with Crippen molar-refractivity contribution in [2.75, 3.05) is 20.3 Å². The highest BCUT2D eigenvalue weighted by atomic mass is 16.6. The summed E-state index contributed by atoms with van der Waals surface area (Å²) in [7, 11) is 1.60. The van der Waals surface area contributed by atoms with Gasteiger partial charge in [0.25, 0.3) is 0 Å². The zero-order chi connectivity index (χ0) is 25.6. The largest absolute Gasteiger partial charge is 0.496 e. The monoisotopic (exact) mass is 490 g/mol. The Bertz CT molecular complexity index is 879. The number of para-hydroxylation sites is 1. The number of aliphatic hydroxyl groups excluding tert-OH is 2. The summed E-state index contributed by atoms with van der Waals surface area (Å²) in [5, 5.41) is 27.2. The van der Waals surface area contributed by atoms with Crippen LogP contribution in [0.2, 0.25) is 0 Å². The minimum atomic E-state index is -0.650. The molecular formula is C27H42N2O6. The van der Waals surface area contributed by atoms with Gasteiger partial charge >= 0.3 is 6.09 Å². The summed E-state index contributed by atoms with van der Waals surface area (Å²) >= 11 is 0. The van der Waals surface area contributed by atoms with Crippen molar-refractivity contribution < 1.29 is 29.3 Å². The first-order chi connectivity index (χ1) is 16.7. The molecule has 2 aliphatic rings. The Morgan fingerprint density at radius 3 is 2.57 bits per heavy atom. The smallest absolute Gasteiger partial charge is 0.407 e. The minimum absolute atomic E-state index is 0.00754. The third kappa shape index (κ3) is 5.75. The number of fused-ring (bicyclic) bond motifs is 1. The maximum atomic E-state index is 13.0. The third-order valence-electron chi connectivity index (χ3n) is 8.52. The first-order valence-corrected chi connectivity index (χ1v) is 12.8. The normalized spacial score (nSPS) is 32.3. The second kappa shape index (κ2) is 11.6. The van der Waals surface area contributed by atoms with Gasteiger partial charge in [-0.1, -0.05) is 39.0 Å². The molecule has 4 N–H and O–H groups in total. The van der Waals surface area contributed by atoms with Gasteiger partial charge in [0, 0.05) is 30.5 Å². The number of benzene rings is 1. The van der Waals surface area contributed by atoms with Gasteiger partial charge in [-0.25, -0.2) is 4.79 Å². The van der Waals surface area contributed by atoms with E-state index in [1.165, 1.54) is 0 Å². The van der Waals surface area contributed by atoms with Crippen LogP contribution in [0.25, 0.3) is 0 Å². The lowest BCUT2D eigenvalue weighted by molar-refractivity contribution is -0.186. The molecule has 0 bridgehead atoms. The second-order valence-electron chi connectivity index (χ2n) is 10.6. The lowest BCUT2D eigenvalue weighted by Crippen LogP contribution is -2.61. The molecule has 0 radical (unpaired) electrons. The number of rotatable bonds is 9. The van der Waals surface area contributed by atoms with Crippen molar-refractivity contribution >= 4 is 12.0 Å². The van der Waals surface area contributed by atoms with Crippen LogP contribution >= 0.6 is 0 Å². The number of amides is 2. The number of ether oxygens (including phenoxy) is 2. The maximum absolute atomic E-state index is 13.0. The summed E-state index contributed by atoms with van der Waals surface area (Å²) in [6, 6.07) is 7.56. The molecule has 0 heterocycles. The van der Waals surface area contributed by atoms with Crippen LogP contribution in [0.1, 0.15) is 64.9 Å². The van der Waals surface area contributed by atoms with E-state index in [1.54, 1.807) is 7.11 Å². The third-order valence-corrected chi connectivity index (χ3v) is 8.52. The van der Waals surface area contributed by atoms with Crippen LogP contribution in [0.5, 0.6) is 5.75 Å². The van der Waals surface area contributed by atoms with Gasteiger partial charge < -0.3 is 30.3 Å². The quantitative estimate of drug-likeness (QED) is 0.422. The highest BCUT2D eigenvalue weighted by Crippen LogP contribution is 2.61. The molecule has 0 aliphatic heterocycles. The molecule has 0 aromatic heterocycles. The van der Waals surface area contributed by atoms with E-state index < -0.39 is 23.7 Å². The lowest BCUT2D eigenvalue weighted by atomic mass is 9.46. The second-order valence-corrected chi connectivity index (χ2v) is 10.6. The molecule has 1 aromatic rings. The van der Waals surface area contributed by atoms with E-state index in [0.717, 1.165) is 17.7 Å². The molecule has 3 rings (SSSR count). The molecule has 8 heteroatoms. The summed E-state index contributed by atoms with van der Waals surface area (Å²) in [6.45, 7) is 6.85. The van der Waals surface area contributed by atoms with Crippen molar-refractivity contribution in [2.24, 2.45) is 22.7 Å². The first-order valence-electron chi connectivity index (χ1n) is 12.8. The molecule has 196 valence electrons. The molecule has 1 aromatic carbocycles. The van der Waals surface area contributed by atoms with Crippen molar-refractivity contribution in [3.05, 3.63) is 29.8 Å². The molecule has 6 atom stereocenters. The Morgan fingerprint density at radius 1 is 1.14 bits per heavy atom. The van der Waals surface area contributed by atoms with Crippen LogP contribution < -0.4 is 15.4 Å². The molecular weight excluding hydrogens is 448 g/mol. The van der Waals surface area contributed by atoms with E-state index in [-0.39, 0.29) is 36.2 Å². The van der Waals surface area contributed by atoms with Gasteiger partial charge in [0.2, 0.25) is 5.91 Å². The van der Waals surface area contributed by atoms with Crippen LogP contribution in [-0.4, -0.2) is 54.7 Å². The Hall–Kier alpha value is -2.32. The molecule has 2 aliphatic carbocycles. The molecule has 2 saturated carbocycles. The van der Waals surface area contributed by atoms with E-state index in [9.17, 15) is 19.8 Å². The standard InChI is InChI=1S/C27H42N2O6/c1-5-14-28-25(33)35-23-12-13-26(2)19(20(31)10-11-22(26)27(23,3)17-30)15-24(32)29-16-18-8-6-7-9-21(18)34-4/h6-9,19-20,22-23,30-31H,5,10-17H2,1-4H3,(H,28,33)(H,29,32)/t19-,20-,22?,23-,26+,27+/m1/s1. The fourth-order valence-corrected chi connectivity index (χ4v) is 6.49. The van der Waals surface area contributed by atoms with E-state index >= 15 is 0 Å². The Kier molecular flexibility index (Phi) is 9.05. The predicted octanol–water partition coefficient (Wildman–Crippen LogP) is 3.39. The predicted molar refractivity (Wildman–Crippen MR) is 133 cm³/mol. The molecule has 35 heavy (non-hydrogen) atoms. The fourth-order valence-electron chi connectivity index (χ4n) is 6.49. The highest BCUT2D eigenvalue weighted by molar-refractivity contribution is 5.76. The van der Waals surface area contributed by atoms with Gasteiger partial charge in [-0.3, -0.25) is 4.79 Å². The van der Waals surface area contributed by atoms with E-state index in [1.807, 2.05) is 38.1 Å². The van der Waals surface area contributed by atoms with E-state index in [4.69, 9.17) is 9.47 Å². The molecule has 2 fully saturated rings. The van der Waals surface area contributed by atoms with Crippen LogP contribution in [0, 0.1) is 22.7 Å². The number of nitrogens with one attached hydrogen (secondary N) is 2. The summed E-state index contributed by atoms with van der Waals surface area (Å²) in [5.41, 5.74) is -0.122. The average Bonchev–Trinajstić information content (AvgIpc) is 2.85. The zero-order valence-corrected chi connectivity index (χ0v) is 21.5. The van der Waals surface area contributed by atoms with Crippen LogP contribution in [0.15, 0.2) is 24.3 Å². The van der Waals surface area contributed by atoms with E-state index in [0.29, 0.717) is 38.8 Å². The molecule has 0 spiro atoms. The highest BCUT2D eigenvalue weighted by Gasteiger charge is 2.60.